The molecule has 0 radical (unpaired) electrons. The normalized spacial score (nSPS) is 12.0. The summed E-state index contributed by atoms with van der Waals surface area (Å²) in [6.07, 6.45) is 0.463. The Hall–Kier alpha value is -2.04. The number of hydrogen-bond donors (Lipinski definition) is 2. The van der Waals surface area contributed by atoms with Crippen LogP contribution in [0.1, 0.15) is 24.2 Å². The Morgan fingerprint density at radius 1 is 1.09 bits per heavy atom. The van der Waals surface area contributed by atoms with Gasteiger partial charge in [0, 0.05) is 13.1 Å². The van der Waals surface area contributed by atoms with Gasteiger partial charge in [0.05, 0.1) is 13.2 Å². The van der Waals surface area contributed by atoms with E-state index in [0.717, 1.165) is 23.5 Å². The highest BCUT2D eigenvalue weighted by Crippen LogP contribution is 2.28. The molecule has 2 aromatic rings. The lowest BCUT2D eigenvalue weighted by atomic mass is 10.1. The maximum absolute atomic E-state index is 10.1. The molecule has 0 spiro atoms. The number of benzene rings is 2. The van der Waals surface area contributed by atoms with Crippen molar-refractivity contribution < 1.29 is 14.6 Å². The lowest BCUT2D eigenvalue weighted by molar-refractivity contribution is 0.171. The van der Waals surface area contributed by atoms with Gasteiger partial charge >= 0.3 is 0 Å². The number of aryl methyl sites for hydroxylation is 1. The van der Waals surface area contributed by atoms with Crippen LogP contribution in [0.15, 0.2) is 48.5 Å². The van der Waals surface area contributed by atoms with Gasteiger partial charge in [0.25, 0.3) is 0 Å². The molecule has 124 valence electrons. The van der Waals surface area contributed by atoms with Gasteiger partial charge < -0.3 is 19.9 Å². The molecule has 0 amide bonds. The van der Waals surface area contributed by atoms with Crippen LogP contribution in [0.4, 0.5) is 0 Å². The van der Waals surface area contributed by atoms with Crippen LogP contribution in [0, 0.1) is 0 Å². The summed E-state index contributed by atoms with van der Waals surface area (Å²) in [5, 5.41) is 13.3. The first-order valence-electron chi connectivity index (χ1n) is 7.98. The monoisotopic (exact) mass is 315 g/mol. The number of aliphatic hydroxyl groups is 1. The summed E-state index contributed by atoms with van der Waals surface area (Å²) < 4.78 is 11.1. The van der Waals surface area contributed by atoms with Crippen LogP contribution < -0.4 is 14.8 Å². The molecule has 0 fully saturated rings. The molecule has 0 saturated carbocycles. The fraction of sp³-hybridized carbons (Fsp3) is 0.368. The molecule has 2 N–H and O–H groups in total. The number of methoxy groups -OCH3 is 1. The number of nitrogens with one attached hydrogen (secondary N) is 1. The maximum Gasteiger partial charge on any atom is 0.161 e. The SMILES string of the molecule is CCc1ccc(OCCNCC(O)c2ccccc2)c(OC)c1. The zero-order valence-corrected chi connectivity index (χ0v) is 13.8. The summed E-state index contributed by atoms with van der Waals surface area (Å²) in [7, 11) is 1.65. The van der Waals surface area contributed by atoms with Gasteiger partial charge in [-0.1, -0.05) is 43.3 Å². The van der Waals surface area contributed by atoms with Gasteiger partial charge in [0.2, 0.25) is 0 Å². The second-order valence-electron chi connectivity index (χ2n) is 5.32. The maximum atomic E-state index is 10.1. The van der Waals surface area contributed by atoms with E-state index in [1.165, 1.54) is 5.56 Å². The van der Waals surface area contributed by atoms with Crippen LogP contribution in [-0.2, 0) is 6.42 Å². The summed E-state index contributed by atoms with van der Waals surface area (Å²) >= 11 is 0. The predicted molar refractivity (Wildman–Crippen MR) is 92.1 cm³/mol. The molecule has 0 bridgehead atoms. The van der Waals surface area contributed by atoms with Crippen molar-refractivity contribution in [3.63, 3.8) is 0 Å². The number of aliphatic hydroxyl groups excluding tert-OH is 1. The molecule has 1 unspecified atom stereocenters. The predicted octanol–water partition coefficient (Wildman–Crippen LogP) is 2.96. The highest BCUT2D eigenvalue weighted by molar-refractivity contribution is 5.42. The lowest BCUT2D eigenvalue weighted by Gasteiger charge is -2.14. The standard InChI is InChI=1S/C19H25NO3/c1-3-15-9-10-18(19(13-15)22-2)23-12-11-20-14-17(21)16-7-5-4-6-8-16/h4-10,13,17,20-21H,3,11-12,14H2,1-2H3. The van der Waals surface area contributed by atoms with E-state index in [1.54, 1.807) is 7.11 Å². The average Bonchev–Trinajstić information content (AvgIpc) is 2.62. The lowest BCUT2D eigenvalue weighted by Crippen LogP contribution is -2.26. The molecule has 1 atom stereocenters. The van der Waals surface area contributed by atoms with E-state index in [2.05, 4.69) is 12.2 Å². The van der Waals surface area contributed by atoms with Crippen LogP contribution in [0.5, 0.6) is 11.5 Å². The van der Waals surface area contributed by atoms with E-state index in [1.807, 2.05) is 48.5 Å². The summed E-state index contributed by atoms with van der Waals surface area (Å²) in [4.78, 5) is 0. The molecule has 0 aromatic heterocycles. The smallest absolute Gasteiger partial charge is 0.161 e. The van der Waals surface area contributed by atoms with E-state index >= 15 is 0 Å². The van der Waals surface area contributed by atoms with Crippen LogP contribution in [0.3, 0.4) is 0 Å². The Balaban J connectivity index is 1.73. The van der Waals surface area contributed by atoms with E-state index < -0.39 is 6.10 Å². The molecular weight excluding hydrogens is 290 g/mol. The number of ether oxygens (including phenoxy) is 2. The first-order valence-corrected chi connectivity index (χ1v) is 7.98. The van der Waals surface area contributed by atoms with Crippen molar-refractivity contribution in [3.05, 3.63) is 59.7 Å². The van der Waals surface area contributed by atoms with Crippen molar-refractivity contribution in [3.8, 4) is 11.5 Å². The molecule has 2 aromatic carbocycles. The summed E-state index contributed by atoms with van der Waals surface area (Å²) in [5.74, 6) is 1.50. The minimum Gasteiger partial charge on any atom is -0.493 e. The number of rotatable bonds is 9. The minimum atomic E-state index is -0.505. The third-order valence-corrected chi connectivity index (χ3v) is 3.69. The first kappa shape index (κ1) is 17.3. The fourth-order valence-electron chi connectivity index (χ4n) is 2.32. The molecule has 2 rings (SSSR count). The largest absolute Gasteiger partial charge is 0.493 e. The van der Waals surface area contributed by atoms with Gasteiger partial charge in [0.1, 0.15) is 6.61 Å². The molecule has 0 aliphatic rings. The van der Waals surface area contributed by atoms with Gasteiger partial charge in [-0.3, -0.25) is 0 Å². The number of hydrogen-bond acceptors (Lipinski definition) is 4. The van der Waals surface area contributed by atoms with Gasteiger partial charge in [-0.2, -0.15) is 0 Å². The Bertz CT molecular complexity index is 586. The molecule has 0 saturated heterocycles. The Morgan fingerprint density at radius 3 is 2.57 bits per heavy atom. The van der Waals surface area contributed by atoms with Crippen LogP contribution in [0.25, 0.3) is 0 Å². The molecular formula is C19H25NO3. The van der Waals surface area contributed by atoms with Crippen molar-refractivity contribution >= 4 is 0 Å². The Morgan fingerprint density at radius 2 is 1.87 bits per heavy atom. The zero-order chi connectivity index (χ0) is 16.5. The van der Waals surface area contributed by atoms with Crippen molar-refractivity contribution in [1.82, 2.24) is 5.32 Å². The fourth-order valence-corrected chi connectivity index (χ4v) is 2.32. The van der Waals surface area contributed by atoms with Crippen LogP contribution in [0.2, 0.25) is 0 Å². The summed E-state index contributed by atoms with van der Waals surface area (Å²) in [5.41, 5.74) is 2.14. The Labute approximate surface area is 138 Å². The summed E-state index contributed by atoms with van der Waals surface area (Å²) in [6, 6.07) is 15.6. The van der Waals surface area contributed by atoms with Crippen molar-refractivity contribution in [2.75, 3.05) is 26.8 Å². The Kier molecular flexibility index (Phi) is 6.91. The molecule has 0 aliphatic carbocycles. The van der Waals surface area contributed by atoms with Crippen molar-refractivity contribution in [2.24, 2.45) is 0 Å². The topological polar surface area (TPSA) is 50.7 Å². The second-order valence-corrected chi connectivity index (χ2v) is 5.32. The highest BCUT2D eigenvalue weighted by atomic mass is 16.5. The van der Waals surface area contributed by atoms with E-state index in [0.29, 0.717) is 19.7 Å². The molecule has 0 aliphatic heterocycles. The van der Waals surface area contributed by atoms with Gasteiger partial charge in [0.15, 0.2) is 11.5 Å². The molecule has 4 heteroatoms. The van der Waals surface area contributed by atoms with E-state index in [9.17, 15) is 5.11 Å². The van der Waals surface area contributed by atoms with E-state index in [4.69, 9.17) is 9.47 Å². The van der Waals surface area contributed by atoms with Crippen LogP contribution in [-0.4, -0.2) is 31.9 Å². The third-order valence-electron chi connectivity index (χ3n) is 3.69. The third kappa shape index (κ3) is 5.27. The molecule has 4 nitrogen and oxygen atoms in total. The second kappa shape index (κ2) is 9.18. The van der Waals surface area contributed by atoms with Crippen LogP contribution >= 0.6 is 0 Å². The first-order chi connectivity index (χ1) is 11.2. The van der Waals surface area contributed by atoms with Crippen molar-refractivity contribution in [2.45, 2.75) is 19.4 Å². The summed E-state index contributed by atoms with van der Waals surface area (Å²) in [6.45, 7) is 3.78. The quantitative estimate of drug-likeness (QED) is 0.699. The van der Waals surface area contributed by atoms with Gasteiger partial charge in [-0.15, -0.1) is 0 Å². The molecule has 23 heavy (non-hydrogen) atoms. The van der Waals surface area contributed by atoms with Gasteiger partial charge in [-0.25, -0.2) is 0 Å². The minimum absolute atomic E-state index is 0.499. The van der Waals surface area contributed by atoms with Crippen molar-refractivity contribution in [1.29, 1.82) is 0 Å². The van der Waals surface area contributed by atoms with Gasteiger partial charge in [-0.05, 0) is 29.7 Å². The highest BCUT2D eigenvalue weighted by Gasteiger charge is 2.07. The average molecular weight is 315 g/mol. The van der Waals surface area contributed by atoms with E-state index in [-0.39, 0.29) is 0 Å². The zero-order valence-electron chi connectivity index (χ0n) is 13.8. The molecule has 0 heterocycles.